The molecule has 0 saturated carbocycles. The first kappa shape index (κ1) is 10.7. The molecule has 0 unspecified atom stereocenters. The number of hydrogen-bond donors (Lipinski definition) is 2. The molecule has 0 aliphatic heterocycles. The second-order valence-corrected chi connectivity index (χ2v) is 3.74. The zero-order chi connectivity index (χ0) is 11.6. The number of aromatic nitrogens is 2. The first-order valence-corrected chi connectivity index (χ1v) is 5.01. The van der Waals surface area contributed by atoms with Gasteiger partial charge in [-0.05, 0) is 24.6 Å². The molecule has 0 saturated heterocycles. The second kappa shape index (κ2) is 3.98. The highest BCUT2D eigenvalue weighted by Gasteiger charge is 2.27. The van der Waals surface area contributed by atoms with Crippen LogP contribution in [-0.4, -0.2) is 22.2 Å². The summed E-state index contributed by atoms with van der Waals surface area (Å²) in [5, 5.41) is 10.4. The number of H-pyrrole nitrogens is 1. The normalized spacial score (nSPS) is 14.4. The number of nitrogens with one attached hydrogen (secondary N) is 1. The standard InChI is InChI=1S/C12H14N2O2/c1-12(15,11-13-7-8-14-11)9-3-5-10(16-2)6-4-9/h3-8,15H,1-2H3,(H,13,14)/t12-/m1/s1. The quantitative estimate of drug-likeness (QED) is 0.824. The van der Waals surface area contributed by atoms with E-state index in [0.717, 1.165) is 11.3 Å². The third kappa shape index (κ3) is 1.79. The van der Waals surface area contributed by atoms with E-state index < -0.39 is 5.60 Å². The molecule has 0 aliphatic carbocycles. The van der Waals surface area contributed by atoms with E-state index in [0.29, 0.717) is 5.82 Å². The number of imidazole rings is 1. The topological polar surface area (TPSA) is 58.1 Å². The highest BCUT2D eigenvalue weighted by Crippen LogP contribution is 2.27. The second-order valence-electron chi connectivity index (χ2n) is 3.74. The van der Waals surface area contributed by atoms with Gasteiger partial charge in [0.1, 0.15) is 17.2 Å². The monoisotopic (exact) mass is 218 g/mol. The van der Waals surface area contributed by atoms with E-state index in [1.165, 1.54) is 0 Å². The van der Waals surface area contributed by atoms with E-state index in [4.69, 9.17) is 4.74 Å². The Morgan fingerprint density at radius 2 is 2.00 bits per heavy atom. The lowest BCUT2D eigenvalue weighted by atomic mass is 9.95. The van der Waals surface area contributed by atoms with Gasteiger partial charge in [-0.15, -0.1) is 0 Å². The van der Waals surface area contributed by atoms with E-state index in [1.54, 1.807) is 26.4 Å². The lowest BCUT2D eigenvalue weighted by Gasteiger charge is -2.21. The minimum Gasteiger partial charge on any atom is -0.497 e. The maximum absolute atomic E-state index is 10.4. The highest BCUT2D eigenvalue weighted by atomic mass is 16.5. The highest BCUT2D eigenvalue weighted by molar-refractivity contribution is 5.33. The van der Waals surface area contributed by atoms with Crippen molar-refractivity contribution in [2.24, 2.45) is 0 Å². The Morgan fingerprint density at radius 1 is 1.31 bits per heavy atom. The molecule has 0 bridgehead atoms. The van der Waals surface area contributed by atoms with Gasteiger partial charge >= 0.3 is 0 Å². The van der Waals surface area contributed by atoms with Crippen molar-refractivity contribution >= 4 is 0 Å². The minimum atomic E-state index is -1.12. The van der Waals surface area contributed by atoms with Crippen LogP contribution in [0.3, 0.4) is 0 Å². The molecule has 16 heavy (non-hydrogen) atoms. The largest absolute Gasteiger partial charge is 0.497 e. The van der Waals surface area contributed by atoms with Crippen LogP contribution >= 0.6 is 0 Å². The van der Waals surface area contributed by atoms with Crippen molar-refractivity contribution in [3.8, 4) is 5.75 Å². The number of nitrogens with zero attached hydrogens (tertiary/aromatic N) is 1. The number of benzene rings is 1. The van der Waals surface area contributed by atoms with Crippen LogP contribution in [0.2, 0.25) is 0 Å². The summed E-state index contributed by atoms with van der Waals surface area (Å²) in [5.41, 5.74) is -0.348. The molecule has 4 nitrogen and oxygen atoms in total. The van der Waals surface area contributed by atoms with Gasteiger partial charge in [0.15, 0.2) is 0 Å². The predicted octanol–water partition coefficient (Wildman–Crippen LogP) is 1.67. The van der Waals surface area contributed by atoms with Crippen molar-refractivity contribution in [2.45, 2.75) is 12.5 Å². The fourth-order valence-electron chi connectivity index (χ4n) is 1.58. The molecule has 0 amide bonds. The van der Waals surface area contributed by atoms with E-state index >= 15 is 0 Å². The van der Waals surface area contributed by atoms with Crippen molar-refractivity contribution in [3.05, 3.63) is 48.0 Å². The molecule has 1 aromatic heterocycles. The maximum Gasteiger partial charge on any atom is 0.144 e. The van der Waals surface area contributed by atoms with Gasteiger partial charge in [-0.2, -0.15) is 0 Å². The van der Waals surface area contributed by atoms with E-state index in [1.807, 2.05) is 24.3 Å². The van der Waals surface area contributed by atoms with Gasteiger partial charge in [-0.3, -0.25) is 0 Å². The Morgan fingerprint density at radius 3 is 2.50 bits per heavy atom. The van der Waals surface area contributed by atoms with E-state index in [9.17, 15) is 5.11 Å². The van der Waals surface area contributed by atoms with Crippen LogP contribution in [0.1, 0.15) is 18.3 Å². The SMILES string of the molecule is COc1ccc([C@@](C)(O)c2ncc[nH]2)cc1. The molecule has 0 aliphatic rings. The number of aliphatic hydroxyl groups is 1. The molecule has 1 aromatic carbocycles. The van der Waals surface area contributed by atoms with Crippen molar-refractivity contribution in [2.75, 3.05) is 7.11 Å². The lowest BCUT2D eigenvalue weighted by molar-refractivity contribution is 0.0931. The zero-order valence-corrected chi connectivity index (χ0v) is 9.27. The van der Waals surface area contributed by atoms with Crippen LogP contribution in [0.15, 0.2) is 36.7 Å². The Hall–Kier alpha value is -1.81. The van der Waals surface area contributed by atoms with Crippen LogP contribution in [0.25, 0.3) is 0 Å². The summed E-state index contributed by atoms with van der Waals surface area (Å²) < 4.78 is 5.07. The number of aromatic amines is 1. The Balaban J connectivity index is 2.35. The summed E-state index contributed by atoms with van der Waals surface area (Å²) in [4.78, 5) is 6.98. The molecule has 0 radical (unpaired) electrons. The van der Waals surface area contributed by atoms with E-state index in [2.05, 4.69) is 9.97 Å². The van der Waals surface area contributed by atoms with Gasteiger partial charge in [0.05, 0.1) is 7.11 Å². The average molecular weight is 218 g/mol. The summed E-state index contributed by atoms with van der Waals surface area (Å²) in [6, 6.07) is 7.27. The first-order chi connectivity index (χ1) is 7.64. The van der Waals surface area contributed by atoms with Crippen LogP contribution in [0, 0.1) is 0 Å². The average Bonchev–Trinajstić information content (AvgIpc) is 2.83. The van der Waals surface area contributed by atoms with Crippen molar-refractivity contribution < 1.29 is 9.84 Å². The number of rotatable bonds is 3. The van der Waals surface area contributed by atoms with Crippen LogP contribution in [0.4, 0.5) is 0 Å². The third-order valence-electron chi connectivity index (χ3n) is 2.61. The fourth-order valence-corrected chi connectivity index (χ4v) is 1.58. The fraction of sp³-hybridized carbons (Fsp3) is 0.250. The van der Waals surface area contributed by atoms with Gasteiger partial charge in [0, 0.05) is 12.4 Å². The molecule has 2 N–H and O–H groups in total. The molecule has 0 spiro atoms. The number of hydrogen-bond acceptors (Lipinski definition) is 3. The van der Waals surface area contributed by atoms with Crippen molar-refractivity contribution in [3.63, 3.8) is 0 Å². The predicted molar refractivity (Wildman–Crippen MR) is 60.3 cm³/mol. The summed E-state index contributed by atoms with van der Waals surface area (Å²) in [7, 11) is 1.61. The van der Waals surface area contributed by atoms with Gasteiger partial charge < -0.3 is 14.8 Å². The third-order valence-corrected chi connectivity index (χ3v) is 2.61. The molecule has 1 heterocycles. The van der Waals surface area contributed by atoms with Gasteiger partial charge in [-0.1, -0.05) is 12.1 Å². The molecular formula is C12H14N2O2. The van der Waals surface area contributed by atoms with Crippen LogP contribution in [0.5, 0.6) is 5.75 Å². The first-order valence-electron chi connectivity index (χ1n) is 5.01. The summed E-state index contributed by atoms with van der Waals surface area (Å²) >= 11 is 0. The number of methoxy groups -OCH3 is 1. The smallest absolute Gasteiger partial charge is 0.144 e. The van der Waals surface area contributed by atoms with Gasteiger partial charge in [0.25, 0.3) is 0 Å². The molecule has 2 aromatic rings. The molecule has 1 atom stereocenters. The number of ether oxygens (including phenoxy) is 1. The van der Waals surface area contributed by atoms with Crippen molar-refractivity contribution in [1.29, 1.82) is 0 Å². The molecule has 2 rings (SSSR count). The summed E-state index contributed by atoms with van der Waals surface area (Å²) in [6.45, 7) is 1.70. The molecule has 0 fully saturated rings. The summed E-state index contributed by atoms with van der Waals surface area (Å²) in [5.74, 6) is 1.29. The molecular weight excluding hydrogens is 204 g/mol. The Kier molecular flexibility index (Phi) is 2.66. The maximum atomic E-state index is 10.4. The van der Waals surface area contributed by atoms with E-state index in [-0.39, 0.29) is 0 Å². The molecule has 4 heteroatoms. The minimum absolute atomic E-state index is 0.526. The van der Waals surface area contributed by atoms with Crippen LogP contribution in [-0.2, 0) is 5.60 Å². The summed E-state index contributed by atoms with van der Waals surface area (Å²) in [6.07, 6.45) is 3.31. The lowest BCUT2D eigenvalue weighted by Crippen LogP contribution is -2.24. The zero-order valence-electron chi connectivity index (χ0n) is 9.27. The molecule has 84 valence electrons. The van der Waals surface area contributed by atoms with Gasteiger partial charge in [-0.25, -0.2) is 4.98 Å². The Bertz CT molecular complexity index is 446. The Labute approximate surface area is 93.9 Å². The van der Waals surface area contributed by atoms with Crippen molar-refractivity contribution in [1.82, 2.24) is 9.97 Å². The van der Waals surface area contributed by atoms with Gasteiger partial charge in [0.2, 0.25) is 0 Å². The van der Waals surface area contributed by atoms with Crippen LogP contribution < -0.4 is 4.74 Å².